The van der Waals surface area contributed by atoms with E-state index in [0.29, 0.717) is 11.1 Å². The van der Waals surface area contributed by atoms with Crippen LogP contribution in [0.3, 0.4) is 0 Å². The third kappa shape index (κ3) is 3.19. The van der Waals surface area contributed by atoms with Crippen LogP contribution in [0.4, 0.5) is 0 Å². The summed E-state index contributed by atoms with van der Waals surface area (Å²) in [6.07, 6.45) is 5.25. The van der Waals surface area contributed by atoms with Crippen LogP contribution in [0.15, 0.2) is 65.5 Å². The fourth-order valence-corrected chi connectivity index (χ4v) is 3.51. The highest BCUT2D eigenvalue weighted by molar-refractivity contribution is 5.99. The highest BCUT2D eigenvalue weighted by Crippen LogP contribution is 2.42. The third-order valence-electron chi connectivity index (χ3n) is 5.20. The van der Waals surface area contributed by atoms with Crippen molar-refractivity contribution in [3.05, 3.63) is 71.1 Å². The van der Waals surface area contributed by atoms with Gasteiger partial charge in [-0.05, 0) is 31.5 Å². The number of rotatable bonds is 4. The van der Waals surface area contributed by atoms with E-state index in [0.717, 1.165) is 22.6 Å². The Labute approximate surface area is 163 Å². The molecular formula is C21H23N3O4. The van der Waals surface area contributed by atoms with Gasteiger partial charge in [0.25, 0.3) is 0 Å². The van der Waals surface area contributed by atoms with Crippen molar-refractivity contribution in [3.8, 4) is 5.69 Å². The van der Waals surface area contributed by atoms with Crippen molar-refractivity contribution in [3.63, 3.8) is 0 Å². The summed E-state index contributed by atoms with van der Waals surface area (Å²) in [5.74, 6) is -1.52. The molecule has 146 valence electrons. The summed E-state index contributed by atoms with van der Waals surface area (Å²) in [7, 11) is 4.49. The Morgan fingerprint density at radius 2 is 1.50 bits per heavy atom. The molecule has 2 aromatic rings. The first-order valence-electron chi connectivity index (χ1n) is 8.80. The number of ether oxygens (including phenoxy) is 2. The number of allylic oxidation sites excluding steroid dienone is 2. The number of esters is 2. The standard InChI is InChI=1S/C21H23N3O4/c1-13-17(20(25)27-4)19(18(21(26)28-5)14(2)23(13)3)15-6-8-16(9-7-15)24-11-10-22-12-24/h6-12,19H,1-5H3. The van der Waals surface area contributed by atoms with E-state index in [-0.39, 0.29) is 0 Å². The van der Waals surface area contributed by atoms with E-state index >= 15 is 0 Å². The Bertz CT molecular complexity index is 916. The predicted octanol–water partition coefficient (Wildman–Crippen LogP) is 2.80. The van der Waals surface area contributed by atoms with Crippen molar-refractivity contribution >= 4 is 11.9 Å². The molecule has 0 radical (unpaired) electrons. The number of nitrogens with zero attached hydrogens (tertiary/aromatic N) is 3. The highest BCUT2D eigenvalue weighted by atomic mass is 16.5. The first kappa shape index (κ1) is 19.4. The first-order valence-corrected chi connectivity index (χ1v) is 8.80. The fraction of sp³-hybridized carbons (Fsp3) is 0.286. The second-order valence-corrected chi connectivity index (χ2v) is 6.53. The summed E-state index contributed by atoms with van der Waals surface area (Å²) in [4.78, 5) is 31.1. The molecule has 0 fully saturated rings. The van der Waals surface area contributed by atoms with Crippen LogP contribution >= 0.6 is 0 Å². The van der Waals surface area contributed by atoms with Crippen LogP contribution < -0.4 is 0 Å². The van der Waals surface area contributed by atoms with E-state index in [1.165, 1.54) is 14.2 Å². The Balaban J connectivity index is 2.16. The summed E-state index contributed by atoms with van der Waals surface area (Å²) in [5, 5.41) is 0. The van der Waals surface area contributed by atoms with Crippen LogP contribution in [0.5, 0.6) is 0 Å². The highest BCUT2D eigenvalue weighted by Gasteiger charge is 2.39. The van der Waals surface area contributed by atoms with Crippen molar-refractivity contribution < 1.29 is 19.1 Å². The summed E-state index contributed by atoms with van der Waals surface area (Å²) in [6.45, 7) is 3.69. The van der Waals surface area contributed by atoms with Crippen LogP contribution in [-0.4, -0.2) is 47.7 Å². The summed E-state index contributed by atoms with van der Waals surface area (Å²) < 4.78 is 11.9. The molecule has 1 aromatic carbocycles. The molecule has 0 bridgehead atoms. The van der Waals surface area contributed by atoms with Gasteiger partial charge in [0, 0.05) is 36.5 Å². The van der Waals surface area contributed by atoms with Gasteiger partial charge >= 0.3 is 11.9 Å². The second kappa shape index (κ2) is 7.72. The zero-order valence-corrected chi connectivity index (χ0v) is 16.6. The molecule has 0 aliphatic carbocycles. The van der Waals surface area contributed by atoms with Gasteiger partial charge in [0.2, 0.25) is 0 Å². The maximum atomic E-state index is 12.6. The molecular weight excluding hydrogens is 358 g/mol. The molecule has 1 aromatic heterocycles. The molecule has 1 aliphatic heterocycles. The van der Waals surface area contributed by atoms with E-state index in [1.54, 1.807) is 12.5 Å². The minimum absolute atomic E-state index is 0.423. The van der Waals surface area contributed by atoms with Crippen LogP contribution in [0, 0.1) is 0 Å². The zero-order valence-electron chi connectivity index (χ0n) is 16.6. The van der Waals surface area contributed by atoms with Gasteiger partial charge in [-0.15, -0.1) is 0 Å². The third-order valence-corrected chi connectivity index (χ3v) is 5.20. The molecule has 28 heavy (non-hydrogen) atoms. The zero-order chi connectivity index (χ0) is 20.4. The van der Waals surface area contributed by atoms with Crippen molar-refractivity contribution in [2.45, 2.75) is 19.8 Å². The average molecular weight is 381 g/mol. The quantitative estimate of drug-likeness (QED) is 0.759. The van der Waals surface area contributed by atoms with Gasteiger partial charge < -0.3 is 18.9 Å². The van der Waals surface area contributed by atoms with Crippen molar-refractivity contribution in [1.29, 1.82) is 0 Å². The fourth-order valence-electron chi connectivity index (χ4n) is 3.51. The van der Waals surface area contributed by atoms with Crippen LogP contribution in [-0.2, 0) is 19.1 Å². The molecule has 0 saturated carbocycles. The lowest BCUT2D eigenvalue weighted by Crippen LogP contribution is -2.33. The topological polar surface area (TPSA) is 73.7 Å². The molecule has 3 rings (SSSR count). The second-order valence-electron chi connectivity index (χ2n) is 6.53. The number of carbonyl (C=O) groups is 2. The number of imidazole rings is 1. The molecule has 7 nitrogen and oxygen atoms in total. The summed E-state index contributed by atoms with van der Waals surface area (Å²) in [5.41, 5.74) is 4.05. The summed E-state index contributed by atoms with van der Waals surface area (Å²) in [6, 6.07) is 7.64. The molecule has 0 spiro atoms. The van der Waals surface area contributed by atoms with Gasteiger partial charge in [-0.25, -0.2) is 14.6 Å². The van der Waals surface area contributed by atoms with Gasteiger partial charge in [0.05, 0.1) is 37.6 Å². The number of benzene rings is 1. The van der Waals surface area contributed by atoms with Crippen LogP contribution in [0.1, 0.15) is 25.3 Å². The molecule has 0 amide bonds. The lowest BCUT2D eigenvalue weighted by molar-refractivity contribution is -0.137. The van der Waals surface area contributed by atoms with Crippen LogP contribution in [0.2, 0.25) is 0 Å². The van der Waals surface area contributed by atoms with E-state index in [1.807, 2.05) is 60.8 Å². The predicted molar refractivity (Wildman–Crippen MR) is 104 cm³/mol. The lowest BCUT2D eigenvalue weighted by atomic mass is 9.80. The number of carbonyl (C=O) groups excluding carboxylic acids is 2. The molecule has 2 heterocycles. The number of hydrogen-bond donors (Lipinski definition) is 0. The molecule has 1 aliphatic rings. The number of aromatic nitrogens is 2. The average Bonchev–Trinajstić information content (AvgIpc) is 3.25. The molecule has 0 unspecified atom stereocenters. The molecule has 0 saturated heterocycles. The minimum Gasteiger partial charge on any atom is -0.466 e. The van der Waals surface area contributed by atoms with Crippen molar-refractivity contribution in [1.82, 2.24) is 14.5 Å². The maximum absolute atomic E-state index is 12.6. The smallest absolute Gasteiger partial charge is 0.336 e. The SMILES string of the molecule is COC(=O)C1=C(C)N(C)C(C)=C(C(=O)OC)C1c1ccc(-n2ccnc2)cc1. The van der Waals surface area contributed by atoms with E-state index < -0.39 is 17.9 Å². The minimum atomic E-state index is -0.576. The van der Waals surface area contributed by atoms with Crippen LogP contribution in [0.25, 0.3) is 5.69 Å². The number of methoxy groups -OCH3 is 2. The molecule has 0 atom stereocenters. The van der Waals surface area contributed by atoms with Gasteiger partial charge in [-0.1, -0.05) is 12.1 Å². The largest absolute Gasteiger partial charge is 0.466 e. The van der Waals surface area contributed by atoms with E-state index in [4.69, 9.17) is 9.47 Å². The van der Waals surface area contributed by atoms with Gasteiger partial charge in [-0.3, -0.25) is 0 Å². The number of hydrogen-bond acceptors (Lipinski definition) is 6. The van der Waals surface area contributed by atoms with Gasteiger partial charge in [0.1, 0.15) is 0 Å². The van der Waals surface area contributed by atoms with E-state index in [2.05, 4.69) is 4.98 Å². The maximum Gasteiger partial charge on any atom is 0.336 e. The van der Waals surface area contributed by atoms with Crippen molar-refractivity contribution in [2.75, 3.05) is 21.3 Å². The Hall–Kier alpha value is -3.35. The first-order chi connectivity index (χ1) is 13.4. The summed E-state index contributed by atoms with van der Waals surface area (Å²) >= 11 is 0. The van der Waals surface area contributed by atoms with E-state index in [9.17, 15) is 9.59 Å². The Morgan fingerprint density at radius 3 is 1.93 bits per heavy atom. The Morgan fingerprint density at radius 1 is 0.964 bits per heavy atom. The van der Waals surface area contributed by atoms with Gasteiger partial charge in [0.15, 0.2) is 0 Å². The lowest BCUT2D eigenvalue weighted by Gasteiger charge is -2.35. The monoisotopic (exact) mass is 381 g/mol. The van der Waals surface area contributed by atoms with Crippen molar-refractivity contribution in [2.24, 2.45) is 0 Å². The molecule has 7 heteroatoms. The molecule has 0 N–H and O–H groups in total. The Kier molecular flexibility index (Phi) is 5.35. The normalized spacial score (nSPS) is 15.1. The van der Waals surface area contributed by atoms with Gasteiger partial charge in [-0.2, -0.15) is 0 Å².